The Morgan fingerprint density at radius 3 is 2.48 bits per heavy atom. The predicted octanol–water partition coefficient (Wildman–Crippen LogP) is 3.78. The summed E-state index contributed by atoms with van der Waals surface area (Å²) in [4.78, 5) is 6.38. The molecule has 118 valence electrons. The van der Waals surface area contributed by atoms with Crippen LogP contribution in [0.25, 0.3) is 6.08 Å². The first kappa shape index (κ1) is 16.3. The van der Waals surface area contributed by atoms with Gasteiger partial charge in [-0.05, 0) is 23.8 Å². The molecule has 0 N–H and O–H groups in total. The molecule has 2 aromatic rings. The van der Waals surface area contributed by atoms with Gasteiger partial charge in [0.1, 0.15) is 11.8 Å². The lowest BCUT2D eigenvalue weighted by Crippen LogP contribution is -2.10. The van der Waals surface area contributed by atoms with E-state index < -0.39 is 12.0 Å². The van der Waals surface area contributed by atoms with E-state index in [0.717, 1.165) is 12.4 Å². The fourth-order valence-electron chi connectivity index (χ4n) is 1.62. The summed E-state index contributed by atoms with van der Waals surface area (Å²) in [6.07, 6.45) is 0.268. The van der Waals surface area contributed by atoms with Crippen LogP contribution < -0.4 is 4.74 Å². The summed E-state index contributed by atoms with van der Waals surface area (Å²) < 4.78 is 47.3. The van der Waals surface area contributed by atoms with Gasteiger partial charge >= 0.3 is 6.18 Å². The highest BCUT2D eigenvalue weighted by atomic mass is 19.4. The van der Waals surface area contributed by atoms with Gasteiger partial charge in [-0.1, -0.05) is 6.07 Å². The zero-order valence-corrected chi connectivity index (χ0v) is 11.8. The fourth-order valence-corrected chi connectivity index (χ4v) is 1.62. The first-order valence-corrected chi connectivity index (χ1v) is 6.24. The van der Waals surface area contributed by atoms with Crippen molar-refractivity contribution in [3.05, 3.63) is 53.8 Å². The van der Waals surface area contributed by atoms with Gasteiger partial charge in [-0.15, -0.1) is 0 Å². The highest BCUT2D eigenvalue weighted by Crippen LogP contribution is 2.29. The lowest BCUT2D eigenvalue weighted by Gasteiger charge is -2.09. The maximum absolute atomic E-state index is 12.4. The molecule has 1 aromatic carbocycles. The highest BCUT2D eigenvalue weighted by molar-refractivity contribution is 5.56. The number of methoxy groups -OCH3 is 1. The molecule has 2 rings (SSSR count). The minimum atomic E-state index is -4.62. The van der Waals surface area contributed by atoms with Crippen LogP contribution in [0.15, 0.2) is 36.9 Å². The monoisotopic (exact) mass is 321 g/mol. The average molecular weight is 321 g/mol. The van der Waals surface area contributed by atoms with Crippen LogP contribution >= 0.6 is 0 Å². The van der Waals surface area contributed by atoms with Crippen LogP contribution in [0.1, 0.15) is 17.0 Å². The van der Waals surface area contributed by atoms with E-state index >= 15 is 0 Å². The molecule has 0 aliphatic rings. The van der Waals surface area contributed by atoms with Crippen molar-refractivity contribution in [1.82, 2.24) is 9.97 Å². The van der Waals surface area contributed by atoms with Gasteiger partial charge in [0.2, 0.25) is 5.82 Å². The maximum atomic E-state index is 12.4. The molecule has 8 heteroatoms. The van der Waals surface area contributed by atoms with Crippen molar-refractivity contribution >= 4 is 6.08 Å². The molecule has 0 saturated heterocycles. The molecule has 0 spiro atoms. The van der Waals surface area contributed by atoms with Gasteiger partial charge in [-0.2, -0.15) is 18.4 Å². The van der Waals surface area contributed by atoms with Gasteiger partial charge in [-0.25, -0.2) is 9.97 Å². The number of ether oxygens (including phenoxy) is 2. The third-order valence-electron chi connectivity index (χ3n) is 2.63. The minimum absolute atomic E-state index is 0.00492. The number of aromatic nitrogens is 2. The Kier molecular flexibility index (Phi) is 4.81. The van der Waals surface area contributed by atoms with Crippen LogP contribution in [0, 0.1) is 11.3 Å². The summed E-state index contributed by atoms with van der Waals surface area (Å²) in [5.41, 5.74) is 0.919. The molecular weight excluding hydrogens is 311 g/mol. The van der Waals surface area contributed by atoms with Gasteiger partial charge in [-0.3, -0.25) is 0 Å². The molecule has 0 aliphatic carbocycles. The number of alkyl halides is 3. The zero-order chi connectivity index (χ0) is 16.9. The summed E-state index contributed by atoms with van der Waals surface area (Å²) in [5.74, 6) is -1.08. The summed E-state index contributed by atoms with van der Waals surface area (Å²) in [5, 5.41) is 9.13. The number of nitrogens with zero attached hydrogens (tertiary/aromatic N) is 3. The predicted molar refractivity (Wildman–Crippen MR) is 74.3 cm³/mol. The third-order valence-corrected chi connectivity index (χ3v) is 2.63. The Morgan fingerprint density at radius 2 is 1.91 bits per heavy atom. The van der Waals surface area contributed by atoms with Crippen LogP contribution in [0.4, 0.5) is 13.2 Å². The molecule has 0 fully saturated rings. The Bertz CT molecular complexity index is 750. The van der Waals surface area contributed by atoms with Crippen molar-refractivity contribution in [3.8, 4) is 17.6 Å². The fraction of sp³-hybridized carbons (Fsp3) is 0.133. The van der Waals surface area contributed by atoms with E-state index in [1.54, 1.807) is 18.2 Å². The molecule has 0 unspecified atom stereocenters. The quantitative estimate of drug-likeness (QED) is 0.802. The second kappa shape index (κ2) is 6.79. The van der Waals surface area contributed by atoms with E-state index in [4.69, 9.17) is 14.7 Å². The van der Waals surface area contributed by atoms with Crippen LogP contribution in [-0.4, -0.2) is 17.1 Å². The average Bonchev–Trinajstić information content (AvgIpc) is 2.53. The van der Waals surface area contributed by atoms with E-state index in [9.17, 15) is 13.2 Å². The minimum Gasteiger partial charge on any atom is -0.504 e. The molecule has 1 heterocycles. The van der Waals surface area contributed by atoms with Gasteiger partial charge in [0, 0.05) is 0 Å². The zero-order valence-electron chi connectivity index (χ0n) is 11.8. The molecule has 0 saturated carbocycles. The normalized spacial score (nSPS) is 11.3. The summed E-state index contributed by atoms with van der Waals surface area (Å²) in [7, 11) is 1.49. The topological polar surface area (TPSA) is 68.0 Å². The number of rotatable bonds is 4. The Balaban J connectivity index is 2.23. The third kappa shape index (κ3) is 4.20. The number of hydrogen-bond donors (Lipinski definition) is 0. The van der Waals surface area contributed by atoms with E-state index in [1.165, 1.54) is 19.4 Å². The highest BCUT2D eigenvalue weighted by Gasteiger charge is 2.34. The van der Waals surface area contributed by atoms with E-state index in [0.29, 0.717) is 5.56 Å². The first-order valence-electron chi connectivity index (χ1n) is 6.24. The van der Waals surface area contributed by atoms with Crippen LogP contribution in [0.3, 0.4) is 0 Å². The lowest BCUT2D eigenvalue weighted by atomic mass is 10.1. The summed E-state index contributed by atoms with van der Waals surface area (Å²) >= 11 is 0. The van der Waals surface area contributed by atoms with Crippen molar-refractivity contribution in [2.45, 2.75) is 6.18 Å². The molecule has 1 aromatic heterocycles. The van der Waals surface area contributed by atoms with Crippen LogP contribution in [-0.2, 0) is 10.9 Å². The molecule has 23 heavy (non-hydrogen) atoms. The Hall–Kier alpha value is -3.08. The van der Waals surface area contributed by atoms with Crippen molar-refractivity contribution in [2.24, 2.45) is 0 Å². The molecular formula is C15H10F3N3O2. The second-order valence-corrected chi connectivity index (χ2v) is 4.25. The molecule has 5 nitrogen and oxygen atoms in total. The maximum Gasteiger partial charge on any atom is 0.451 e. The number of hydrogen-bond acceptors (Lipinski definition) is 5. The molecule has 0 radical (unpaired) electrons. The number of benzene rings is 1. The van der Waals surface area contributed by atoms with Crippen LogP contribution in [0.2, 0.25) is 0 Å². The van der Waals surface area contributed by atoms with E-state index in [1.807, 2.05) is 6.07 Å². The molecule has 0 atom stereocenters. The Labute approximate surface area is 129 Å². The van der Waals surface area contributed by atoms with Gasteiger partial charge in [0.05, 0.1) is 31.3 Å². The number of nitriles is 1. The van der Waals surface area contributed by atoms with Gasteiger partial charge < -0.3 is 9.47 Å². The number of halogens is 3. The van der Waals surface area contributed by atoms with Crippen molar-refractivity contribution in [1.29, 1.82) is 5.26 Å². The van der Waals surface area contributed by atoms with E-state index in [2.05, 4.69) is 9.97 Å². The molecule has 0 amide bonds. The molecule has 0 aliphatic heterocycles. The van der Waals surface area contributed by atoms with Gasteiger partial charge in [0.25, 0.3) is 0 Å². The largest absolute Gasteiger partial charge is 0.504 e. The van der Waals surface area contributed by atoms with Crippen molar-refractivity contribution in [2.75, 3.05) is 7.11 Å². The van der Waals surface area contributed by atoms with Crippen LogP contribution in [0.5, 0.6) is 11.5 Å². The standard InChI is InChI=1S/C15H10F3N3O2/c1-22-5-4-10-2-3-13(11(6-10)7-19)23-12-8-20-14(21-9-12)15(16,17)18/h2-6,8-9H,1H3/b5-4+. The summed E-state index contributed by atoms with van der Waals surface area (Å²) in [6.45, 7) is 0. The lowest BCUT2D eigenvalue weighted by molar-refractivity contribution is -0.145. The molecule has 0 bridgehead atoms. The SMILES string of the molecule is CO/C=C/c1ccc(Oc2cnc(C(F)(F)F)nc2)c(C#N)c1. The van der Waals surface area contributed by atoms with E-state index in [-0.39, 0.29) is 17.1 Å². The first-order chi connectivity index (χ1) is 10.9. The second-order valence-electron chi connectivity index (χ2n) is 4.25. The van der Waals surface area contributed by atoms with Crippen molar-refractivity contribution in [3.63, 3.8) is 0 Å². The van der Waals surface area contributed by atoms with Crippen molar-refractivity contribution < 1.29 is 22.6 Å². The Morgan fingerprint density at radius 1 is 1.22 bits per heavy atom. The van der Waals surface area contributed by atoms with Gasteiger partial charge in [0.15, 0.2) is 5.75 Å². The summed E-state index contributed by atoms with van der Waals surface area (Å²) in [6, 6.07) is 6.68. The smallest absolute Gasteiger partial charge is 0.451 e.